The Labute approximate surface area is 139 Å². The average Bonchev–Trinajstić information content (AvgIpc) is 2.89. The summed E-state index contributed by atoms with van der Waals surface area (Å²) in [6.07, 6.45) is 2.85. The molecular weight excluding hydrogens is 313 g/mol. The first-order valence-corrected chi connectivity index (χ1v) is 7.73. The van der Waals surface area contributed by atoms with E-state index in [-0.39, 0.29) is 24.4 Å². The molecular formula is C16H20FN5O2. The van der Waals surface area contributed by atoms with Gasteiger partial charge in [0.15, 0.2) is 5.82 Å². The third-order valence-electron chi connectivity index (χ3n) is 3.89. The quantitative estimate of drug-likeness (QED) is 0.827. The van der Waals surface area contributed by atoms with E-state index in [1.54, 1.807) is 25.2 Å². The zero-order chi connectivity index (χ0) is 17.1. The summed E-state index contributed by atoms with van der Waals surface area (Å²) < 4.78 is 21.4. The first-order chi connectivity index (χ1) is 11.5. The highest BCUT2D eigenvalue weighted by atomic mass is 19.1. The predicted molar refractivity (Wildman–Crippen MR) is 84.8 cm³/mol. The molecule has 2 aromatic heterocycles. The Kier molecular flexibility index (Phi) is 4.75. The van der Waals surface area contributed by atoms with Crippen molar-refractivity contribution < 1.29 is 13.9 Å². The van der Waals surface area contributed by atoms with E-state index in [0.29, 0.717) is 19.6 Å². The van der Waals surface area contributed by atoms with Crippen molar-refractivity contribution >= 4 is 5.91 Å². The van der Waals surface area contributed by atoms with Gasteiger partial charge in [-0.25, -0.2) is 9.37 Å². The lowest BCUT2D eigenvalue weighted by Crippen LogP contribution is -2.41. The summed E-state index contributed by atoms with van der Waals surface area (Å²) >= 11 is 0. The fraction of sp³-hybridized carbons (Fsp3) is 0.438. The molecule has 0 aliphatic carbocycles. The number of nitrogens with zero attached hydrogens (tertiary/aromatic N) is 5. The van der Waals surface area contributed by atoms with Crippen LogP contribution in [-0.2, 0) is 17.9 Å². The van der Waals surface area contributed by atoms with Gasteiger partial charge in [0, 0.05) is 39.6 Å². The molecule has 0 N–H and O–H groups in total. The summed E-state index contributed by atoms with van der Waals surface area (Å²) in [5.41, 5.74) is 0.995. The highest BCUT2D eigenvalue weighted by molar-refractivity contribution is 5.77. The Morgan fingerprint density at radius 2 is 2.21 bits per heavy atom. The van der Waals surface area contributed by atoms with Crippen molar-refractivity contribution in [3.05, 3.63) is 42.1 Å². The van der Waals surface area contributed by atoms with E-state index in [4.69, 9.17) is 4.74 Å². The zero-order valence-electron chi connectivity index (χ0n) is 13.7. The van der Waals surface area contributed by atoms with Gasteiger partial charge in [0.2, 0.25) is 5.91 Å². The molecule has 128 valence electrons. The van der Waals surface area contributed by atoms with E-state index in [9.17, 15) is 9.18 Å². The number of amides is 1. The summed E-state index contributed by atoms with van der Waals surface area (Å²) in [6.45, 7) is 1.82. The maximum absolute atomic E-state index is 13.8. The van der Waals surface area contributed by atoms with Crippen LogP contribution in [0.5, 0.6) is 5.88 Å². The van der Waals surface area contributed by atoms with E-state index >= 15 is 0 Å². The largest absolute Gasteiger partial charge is 0.469 e. The molecule has 0 radical (unpaired) electrons. The summed E-state index contributed by atoms with van der Waals surface area (Å²) in [7, 11) is 3.45. The molecule has 24 heavy (non-hydrogen) atoms. The number of hydrogen-bond acceptors (Lipinski definition) is 5. The Bertz CT molecular complexity index is 718. The van der Waals surface area contributed by atoms with Crippen molar-refractivity contribution in [3.8, 4) is 5.88 Å². The molecule has 0 bridgehead atoms. The summed E-state index contributed by atoms with van der Waals surface area (Å²) in [5, 5.41) is 4.28. The maximum Gasteiger partial charge on any atom is 0.250 e. The minimum atomic E-state index is -0.502. The summed E-state index contributed by atoms with van der Waals surface area (Å²) in [4.78, 5) is 19.5. The molecule has 0 saturated heterocycles. The van der Waals surface area contributed by atoms with Crippen LogP contribution in [0.2, 0.25) is 0 Å². The Morgan fingerprint density at radius 1 is 1.38 bits per heavy atom. The highest BCUT2D eigenvalue weighted by Crippen LogP contribution is 2.18. The average molecular weight is 333 g/mol. The molecule has 1 amide bonds. The fourth-order valence-electron chi connectivity index (χ4n) is 2.63. The molecule has 7 nitrogen and oxygen atoms in total. The lowest BCUT2D eigenvalue weighted by atomic mass is 10.3. The van der Waals surface area contributed by atoms with Crippen molar-refractivity contribution in [1.29, 1.82) is 0 Å². The second kappa shape index (κ2) is 6.96. The van der Waals surface area contributed by atoms with Crippen LogP contribution in [0.3, 0.4) is 0 Å². The summed E-state index contributed by atoms with van der Waals surface area (Å²) in [6, 6.07) is 4.74. The van der Waals surface area contributed by atoms with E-state index in [0.717, 1.165) is 5.69 Å². The molecule has 1 atom stereocenters. The van der Waals surface area contributed by atoms with Crippen LogP contribution in [0.1, 0.15) is 5.69 Å². The first kappa shape index (κ1) is 16.4. The molecule has 0 fully saturated rings. The lowest BCUT2D eigenvalue weighted by molar-refractivity contribution is -0.130. The minimum absolute atomic E-state index is 0.00531. The molecule has 2 aromatic rings. The molecule has 0 saturated carbocycles. The number of ether oxygens (including phenoxy) is 1. The highest BCUT2D eigenvalue weighted by Gasteiger charge is 2.26. The number of pyridine rings is 1. The summed E-state index contributed by atoms with van der Waals surface area (Å²) in [5.74, 6) is -0.527. The van der Waals surface area contributed by atoms with Crippen LogP contribution in [-0.4, -0.2) is 63.8 Å². The van der Waals surface area contributed by atoms with Gasteiger partial charge in [-0.05, 0) is 18.2 Å². The number of rotatable bonds is 4. The van der Waals surface area contributed by atoms with E-state index < -0.39 is 5.82 Å². The van der Waals surface area contributed by atoms with Crippen LogP contribution >= 0.6 is 0 Å². The second-order valence-corrected chi connectivity index (χ2v) is 5.99. The molecule has 0 aromatic carbocycles. The zero-order valence-corrected chi connectivity index (χ0v) is 13.7. The number of aromatic nitrogens is 3. The van der Waals surface area contributed by atoms with Gasteiger partial charge in [0.25, 0.3) is 5.88 Å². The topological polar surface area (TPSA) is 63.5 Å². The molecule has 3 rings (SSSR count). The van der Waals surface area contributed by atoms with Crippen molar-refractivity contribution in [2.24, 2.45) is 0 Å². The third kappa shape index (κ3) is 3.70. The van der Waals surface area contributed by atoms with Crippen molar-refractivity contribution in [2.75, 3.05) is 27.2 Å². The minimum Gasteiger partial charge on any atom is -0.469 e. The maximum atomic E-state index is 13.8. The Balaban J connectivity index is 1.78. The van der Waals surface area contributed by atoms with Gasteiger partial charge < -0.3 is 9.64 Å². The van der Waals surface area contributed by atoms with Crippen molar-refractivity contribution in [1.82, 2.24) is 24.6 Å². The van der Waals surface area contributed by atoms with Gasteiger partial charge in [-0.3, -0.25) is 14.4 Å². The molecule has 1 aliphatic rings. The number of halogens is 1. The van der Waals surface area contributed by atoms with Gasteiger partial charge >= 0.3 is 0 Å². The number of carbonyl (C=O) groups is 1. The molecule has 0 spiro atoms. The van der Waals surface area contributed by atoms with Gasteiger partial charge in [0.1, 0.15) is 6.10 Å². The van der Waals surface area contributed by atoms with E-state index in [1.807, 2.05) is 15.6 Å². The molecule has 8 heteroatoms. The fourth-order valence-corrected chi connectivity index (χ4v) is 2.63. The van der Waals surface area contributed by atoms with Crippen LogP contribution in [0.15, 0.2) is 30.6 Å². The predicted octanol–water partition coefficient (Wildman–Crippen LogP) is 0.769. The monoisotopic (exact) mass is 333 g/mol. The number of hydrogen-bond donors (Lipinski definition) is 0. The van der Waals surface area contributed by atoms with Gasteiger partial charge in [0.05, 0.1) is 18.8 Å². The van der Waals surface area contributed by atoms with Gasteiger partial charge in [-0.2, -0.15) is 5.10 Å². The molecule has 1 aliphatic heterocycles. The first-order valence-electron chi connectivity index (χ1n) is 7.73. The number of carbonyl (C=O) groups excluding carboxylic acids is 1. The number of fused-ring (bicyclic) bond motifs is 1. The second-order valence-electron chi connectivity index (χ2n) is 5.99. The van der Waals surface area contributed by atoms with Crippen LogP contribution in [0.25, 0.3) is 0 Å². The van der Waals surface area contributed by atoms with Crippen LogP contribution in [0.4, 0.5) is 4.39 Å². The van der Waals surface area contributed by atoms with Crippen molar-refractivity contribution in [3.63, 3.8) is 0 Å². The lowest BCUT2D eigenvalue weighted by Gasteiger charge is -2.24. The standard InChI is InChI=1S/C16H20FN5O2/c1-20(2)15(23)11-21-8-12-5-7-19-22(12)10-13(9-21)24-16-14(17)4-3-6-18-16/h3-7,13H,8-11H2,1-2H3/t13-/m0/s1. The van der Waals surface area contributed by atoms with E-state index in [1.165, 1.54) is 18.3 Å². The SMILES string of the molecule is CN(C)C(=O)CN1Cc2ccnn2C[C@@H](Oc2ncccc2F)C1. The third-order valence-corrected chi connectivity index (χ3v) is 3.89. The molecule has 0 unspecified atom stereocenters. The van der Waals surface area contributed by atoms with Crippen molar-refractivity contribution in [2.45, 2.75) is 19.2 Å². The van der Waals surface area contributed by atoms with Crippen LogP contribution < -0.4 is 4.74 Å². The van der Waals surface area contributed by atoms with E-state index in [2.05, 4.69) is 10.1 Å². The Morgan fingerprint density at radius 3 is 2.96 bits per heavy atom. The normalized spacial score (nSPS) is 17.9. The Hall–Kier alpha value is -2.48. The number of likely N-dealkylation sites (N-methyl/N-ethyl adjacent to an activating group) is 1. The molecule has 3 heterocycles. The smallest absolute Gasteiger partial charge is 0.250 e. The van der Waals surface area contributed by atoms with Gasteiger partial charge in [-0.15, -0.1) is 0 Å². The van der Waals surface area contributed by atoms with Gasteiger partial charge in [-0.1, -0.05) is 0 Å². The van der Waals surface area contributed by atoms with Crippen LogP contribution in [0, 0.1) is 5.82 Å².